The second kappa shape index (κ2) is 5.92. The Morgan fingerprint density at radius 1 is 1.38 bits per heavy atom. The van der Waals surface area contributed by atoms with Crippen molar-refractivity contribution in [2.24, 2.45) is 5.92 Å². The average Bonchev–Trinajstić information content (AvgIpc) is 2.04. The SMILES string of the molecule is CSCC1CCCC(NC(C)C)C1. The normalized spacial score (nSPS) is 29.5. The standard InChI is InChI=1S/C11H23NS/c1-9(2)12-11-6-4-5-10(7-11)8-13-3/h9-12H,4-8H2,1-3H3. The third-order valence-corrected chi connectivity index (χ3v) is 3.56. The molecule has 2 heteroatoms. The number of thioether (sulfide) groups is 1. The highest BCUT2D eigenvalue weighted by Gasteiger charge is 2.21. The van der Waals surface area contributed by atoms with Crippen molar-refractivity contribution in [1.82, 2.24) is 5.32 Å². The maximum absolute atomic E-state index is 3.66. The lowest BCUT2D eigenvalue weighted by Crippen LogP contribution is -2.38. The molecule has 78 valence electrons. The Kier molecular flexibility index (Phi) is 5.18. The lowest BCUT2D eigenvalue weighted by Gasteiger charge is -2.30. The van der Waals surface area contributed by atoms with Gasteiger partial charge in [0.15, 0.2) is 0 Å². The summed E-state index contributed by atoms with van der Waals surface area (Å²) in [5.41, 5.74) is 0. The highest BCUT2D eigenvalue weighted by molar-refractivity contribution is 7.98. The average molecular weight is 201 g/mol. The van der Waals surface area contributed by atoms with E-state index in [2.05, 4.69) is 25.4 Å². The minimum absolute atomic E-state index is 0.651. The van der Waals surface area contributed by atoms with Gasteiger partial charge < -0.3 is 5.32 Å². The molecule has 0 amide bonds. The molecule has 1 fully saturated rings. The van der Waals surface area contributed by atoms with E-state index in [0.717, 1.165) is 12.0 Å². The van der Waals surface area contributed by atoms with E-state index in [-0.39, 0.29) is 0 Å². The smallest absolute Gasteiger partial charge is 0.00723 e. The summed E-state index contributed by atoms with van der Waals surface area (Å²) in [4.78, 5) is 0. The topological polar surface area (TPSA) is 12.0 Å². The highest BCUT2D eigenvalue weighted by Crippen LogP contribution is 2.26. The fourth-order valence-corrected chi connectivity index (χ4v) is 3.08. The van der Waals surface area contributed by atoms with E-state index in [0.29, 0.717) is 6.04 Å². The Labute approximate surface area is 87.1 Å². The summed E-state index contributed by atoms with van der Waals surface area (Å²) in [7, 11) is 0. The molecule has 0 saturated heterocycles. The molecule has 2 unspecified atom stereocenters. The Balaban J connectivity index is 2.24. The molecule has 13 heavy (non-hydrogen) atoms. The van der Waals surface area contributed by atoms with Gasteiger partial charge in [0.2, 0.25) is 0 Å². The van der Waals surface area contributed by atoms with Gasteiger partial charge in [0.1, 0.15) is 0 Å². The van der Waals surface area contributed by atoms with Gasteiger partial charge in [0.05, 0.1) is 0 Å². The molecule has 1 rings (SSSR count). The summed E-state index contributed by atoms with van der Waals surface area (Å²) >= 11 is 2.00. The van der Waals surface area contributed by atoms with Crippen LogP contribution in [-0.2, 0) is 0 Å². The molecule has 0 aromatic rings. The van der Waals surface area contributed by atoms with Crippen LogP contribution >= 0.6 is 11.8 Å². The van der Waals surface area contributed by atoms with Crippen LogP contribution in [0.3, 0.4) is 0 Å². The molecular weight excluding hydrogens is 178 g/mol. The zero-order chi connectivity index (χ0) is 9.68. The van der Waals surface area contributed by atoms with Crippen molar-refractivity contribution in [3.63, 3.8) is 0 Å². The van der Waals surface area contributed by atoms with E-state index in [4.69, 9.17) is 0 Å². The molecule has 1 aliphatic carbocycles. The lowest BCUT2D eigenvalue weighted by atomic mass is 9.86. The number of rotatable bonds is 4. The van der Waals surface area contributed by atoms with Crippen molar-refractivity contribution >= 4 is 11.8 Å². The molecule has 0 aromatic carbocycles. The van der Waals surface area contributed by atoms with E-state index in [9.17, 15) is 0 Å². The predicted molar refractivity (Wildman–Crippen MR) is 62.4 cm³/mol. The van der Waals surface area contributed by atoms with Crippen molar-refractivity contribution in [1.29, 1.82) is 0 Å². The third-order valence-electron chi connectivity index (χ3n) is 2.75. The van der Waals surface area contributed by atoms with Crippen molar-refractivity contribution in [3.8, 4) is 0 Å². The molecular formula is C11H23NS. The monoisotopic (exact) mass is 201 g/mol. The van der Waals surface area contributed by atoms with Crippen molar-refractivity contribution in [2.75, 3.05) is 12.0 Å². The largest absolute Gasteiger partial charge is 0.312 e. The minimum atomic E-state index is 0.651. The Morgan fingerprint density at radius 2 is 2.15 bits per heavy atom. The van der Waals surface area contributed by atoms with E-state index in [1.165, 1.54) is 31.4 Å². The van der Waals surface area contributed by atoms with E-state index in [1.807, 2.05) is 11.8 Å². The van der Waals surface area contributed by atoms with Crippen molar-refractivity contribution < 1.29 is 0 Å². The number of hydrogen-bond acceptors (Lipinski definition) is 2. The van der Waals surface area contributed by atoms with Gasteiger partial charge in [0.25, 0.3) is 0 Å². The first-order chi connectivity index (χ1) is 6.22. The summed E-state index contributed by atoms with van der Waals surface area (Å²) in [5.74, 6) is 2.33. The highest BCUT2D eigenvalue weighted by atomic mass is 32.2. The lowest BCUT2D eigenvalue weighted by molar-refractivity contribution is 0.292. The molecule has 2 atom stereocenters. The van der Waals surface area contributed by atoms with Crippen LogP contribution in [0.2, 0.25) is 0 Å². The van der Waals surface area contributed by atoms with Crippen LogP contribution < -0.4 is 5.32 Å². The van der Waals surface area contributed by atoms with E-state index < -0.39 is 0 Å². The van der Waals surface area contributed by atoms with E-state index >= 15 is 0 Å². The zero-order valence-electron chi connectivity index (χ0n) is 9.18. The molecule has 1 N–H and O–H groups in total. The van der Waals surface area contributed by atoms with Crippen LogP contribution in [0.1, 0.15) is 39.5 Å². The van der Waals surface area contributed by atoms with Crippen LogP contribution in [-0.4, -0.2) is 24.1 Å². The predicted octanol–water partition coefficient (Wildman–Crippen LogP) is 2.91. The quantitative estimate of drug-likeness (QED) is 0.750. The van der Waals surface area contributed by atoms with Crippen LogP contribution in [0.25, 0.3) is 0 Å². The molecule has 1 nitrogen and oxygen atoms in total. The third kappa shape index (κ3) is 4.37. The first kappa shape index (κ1) is 11.4. The van der Waals surface area contributed by atoms with Crippen LogP contribution in [0.4, 0.5) is 0 Å². The Morgan fingerprint density at radius 3 is 2.77 bits per heavy atom. The Bertz CT molecular complexity index is 134. The molecule has 1 aliphatic rings. The molecule has 0 aliphatic heterocycles. The van der Waals surface area contributed by atoms with Gasteiger partial charge in [-0.2, -0.15) is 11.8 Å². The summed E-state index contributed by atoms with van der Waals surface area (Å²) < 4.78 is 0. The van der Waals surface area contributed by atoms with Gasteiger partial charge in [0, 0.05) is 12.1 Å². The van der Waals surface area contributed by atoms with E-state index in [1.54, 1.807) is 0 Å². The summed E-state index contributed by atoms with van der Waals surface area (Å²) in [6.45, 7) is 4.50. The molecule has 0 aromatic heterocycles. The minimum Gasteiger partial charge on any atom is -0.312 e. The first-order valence-corrected chi connectivity index (χ1v) is 6.86. The maximum Gasteiger partial charge on any atom is 0.00723 e. The van der Waals surface area contributed by atoms with Gasteiger partial charge in [-0.1, -0.05) is 20.3 Å². The first-order valence-electron chi connectivity index (χ1n) is 5.47. The second-order valence-corrected chi connectivity index (χ2v) is 5.42. The molecule has 0 radical (unpaired) electrons. The maximum atomic E-state index is 3.66. The fourth-order valence-electron chi connectivity index (χ4n) is 2.30. The molecule has 1 saturated carbocycles. The molecule has 0 spiro atoms. The summed E-state index contributed by atoms with van der Waals surface area (Å²) in [5, 5.41) is 3.66. The van der Waals surface area contributed by atoms with Crippen LogP contribution in [0.5, 0.6) is 0 Å². The van der Waals surface area contributed by atoms with Crippen molar-refractivity contribution in [3.05, 3.63) is 0 Å². The Hall–Kier alpha value is 0.310. The van der Waals surface area contributed by atoms with Crippen molar-refractivity contribution in [2.45, 2.75) is 51.6 Å². The summed E-state index contributed by atoms with van der Waals surface area (Å²) in [6, 6.07) is 1.45. The van der Waals surface area contributed by atoms with Crippen LogP contribution in [0, 0.1) is 5.92 Å². The molecule has 0 bridgehead atoms. The zero-order valence-corrected chi connectivity index (χ0v) is 9.99. The summed E-state index contributed by atoms with van der Waals surface area (Å²) in [6.07, 6.45) is 7.90. The van der Waals surface area contributed by atoms with Gasteiger partial charge in [-0.15, -0.1) is 0 Å². The molecule has 0 heterocycles. The number of hydrogen-bond donors (Lipinski definition) is 1. The van der Waals surface area contributed by atoms with Gasteiger partial charge in [-0.05, 0) is 37.2 Å². The number of nitrogens with one attached hydrogen (secondary N) is 1. The van der Waals surface area contributed by atoms with Gasteiger partial charge in [-0.3, -0.25) is 0 Å². The van der Waals surface area contributed by atoms with Gasteiger partial charge >= 0.3 is 0 Å². The fraction of sp³-hybridized carbons (Fsp3) is 1.00. The van der Waals surface area contributed by atoms with Gasteiger partial charge in [-0.25, -0.2) is 0 Å². The van der Waals surface area contributed by atoms with Crippen LogP contribution in [0.15, 0.2) is 0 Å². The second-order valence-electron chi connectivity index (χ2n) is 4.51.